The smallest absolute Gasteiger partial charge is 0.163 e. The van der Waals surface area contributed by atoms with Crippen molar-refractivity contribution in [1.82, 2.24) is 14.7 Å². The highest BCUT2D eigenvalue weighted by molar-refractivity contribution is 5.83. The van der Waals surface area contributed by atoms with E-state index in [1.165, 1.54) is 0 Å². The molecular weight excluding hydrogens is 242 g/mol. The number of nitrogens with zero attached hydrogens (tertiary/aromatic N) is 3. The van der Waals surface area contributed by atoms with E-state index in [9.17, 15) is 4.79 Å². The maximum Gasteiger partial charge on any atom is 0.163 e. The number of ketones is 1. The maximum atomic E-state index is 12.2. The van der Waals surface area contributed by atoms with Gasteiger partial charge in [0.15, 0.2) is 5.78 Å². The van der Waals surface area contributed by atoms with E-state index in [0.717, 1.165) is 25.2 Å². The highest BCUT2D eigenvalue weighted by atomic mass is 16.5. The van der Waals surface area contributed by atoms with Crippen molar-refractivity contribution in [3.63, 3.8) is 0 Å². The van der Waals surface area contributed by atoms with Crippen molar-refractivity contribution in [2.24, 2.45) is 7.05 Å². The Morgan fingerprint density at radius 2 is 2.37 bits per heavy atom. The van der Waals surface area contributed by atoms with Crippen LogP contribution in [0.2, 0.25) is 0 Å². The summed E-state index contributed by atoms with van der Waals surface area (Å²) in [6, 6.07) is 2.42. The third-order valence-corrected chi connectivity index (χ3v) is 3.74. The van der Waals surface area contributed by atoms with Crippen molar-refractivity contribution in [3.8, 4) is 0 Å². The van der Waals surface area contributed by atoms with Gasteiger partial charge in [0.2, 0.25) is 0 Å². The number of carbonyl (C=O) groups excluding carboxylic acids is 1. The molecule has 1 aliphatic heterocycles. The van der Waals surface area contributed by atoms with E-state index in [2.05, 4.69) is 23.8 Å². The predicted molar refractivity (Wildman–Crippen MR) is 73.0 cm³/mol. The Morgan fingerprint density at radius 3 is 3.00 bits per heavy atom. The van der Waals surface area contributed by atoms with Crippen molar-refractivity contribution < 1.29 is 9.53 Å². The van der Waals surface area contributed by atoms with E-state index < -0.39 is 0 Å². The van der Waals surface area contributed by atoms with Crippen LogP contribution in [-0.4, -0.2) is 52.3 Å². The molecule has 0 bridgehead atoms. The number of rotatable bonds is 5. The summed E-state index contributed by atoms with van der Waals surface area (Å²) in [5.74, 6) is 0.201. The standard InChI is InChI=1S/C14H23N3O2/c1-11(2)17-8-9-19-14(10-17)13(18)5-4-12-6-7-15-16(12)3/h6-7,11,14H,4-5,8-10H2,1-3H3. The number of carbonyl (C=O) groups is 1. The van der Waals surface area contributed by atoms with Gasteiger partial charge in [-0.05, 0) is 26.3 Å². The Balaban J connectivity index is 1.84. The Kier molecular flexibility index (Phi) is 4.71. The van der Waals surface area contributed by atoms with Crippen LogP contribution in [0.5, 0.6) is 0 Å². The molecule has 1 aliphatic rings. The molecule has 1 fully saturated rings. The minimum atomic E-state index is -0.260. The predicted octanol–water partition coefficient (Wildman–Crippen LogP) is 1.03. The zero-order valence-electron chi connectivity index (χ0n) is 12.0. The SMILES string of the molecule is CC(C)N1CCOC(C(=O)CCc2ccnn2C)C1. The molecule has 0 spiro atoms. The number of aryl methyl sites for hydroxylation is 2. The fourth-order valence-corrected chi connectivity index (χ4v) is 2.39. The Labute approximate surface area is 114 Å². The van der Waals surface area contributed by atoms with Crippen molar-refractivity contribution in [1.29, 1.82) is 0 Å². The largest absolute Gasteiger partial charge is 0.368 e. The van der Waals surface area contributed by atoms with E-state index in [-0.39, 0.29) is 11.9 Å². The number of Topliss-reactive ketones (excluding diaryl/α,β-unsaturated/α-hetero) is 1. The van der Waals surface area contributed by atoms with Gasteiger partial charge in [-0.25, -0.2) is 0 Å². The average Bonchev–Trinajstić information content (AvgIpc) is 2.81. The first-order chi connectivity index (χ1) is 9.08. The molecule has 1 saturated heterocycles. The summed E-state index contributed by atoms with van der Waals surface area (Å²) in [6.07, 6.45) is 2.76. The van der Waals surface area contributed by atoms with Crippen LogP contribution in [0.4, 0.5) is 0 Å². The summed E-state index contributed by atoms with van der Waals surface area (Å²) in [5.41, 5.74) is 1.09. The second-order valence-corrected chi connectivity index (χ2v) is 5.36. The molecule has 5 nitrogen and oxygen atoms in total. The molecule has 1 aromatic heterocycles. The van der Waals surface area contributed by atoms with Gasteiger partial charge in [-0.15, -0.1) is 0 Å². The molecule has 2 rings (SSSR count). The fraction of sp³-hybridized carbons (Fsp3) is 0.714. The van der Waals surface area contributed by atoms with Gasteiger partial charge in [-0.2, -0.15) is 5.10 Å². The first kappa shape index (κ1) is 14.2. The van der Waals surface area contributed by atoms with E-state index in [0.29, 0.717) is 19.1 Å². The third kappa shape index (κ3) is 3.64. The second-order valence-electron chi connectivity index (χ2n) is 5.36. The molecular formula is C14H23N3O2. The molecule has 0 radical (unpaired) electrons. The lowest BCUT2D eigenvalue weighted by molar-refractivity contribution is -0.137. The monoisotopic (exact) mass is 265 g/mol. The van der Waals surface area contributed by atoms with Gasteiger partial charge in [0.1, 0.15) is 6.10 Å². The third-order valence-electron chi connectivity index (χ3n) is 3.74. The Hall–Kier alpha value is -1.20. The number of hydrogen-bond acceptors (Lipinski definition) is 4. The second kappa shape index (κ2) is 6.30. The molecule has 0 saturated carbocycles. The molecule has 106 valence electrons. The van der Waals surface area contributed by atoms with E-state index >= 15 is 0 Å². The molecule has 1 unspecified atom stereocenters. The molecule has 5 heteroatoms. The summed E-state index contributed by atoms with van der Waals surface area (Å²) in [4.78, 5) is 14.5. The highest BCUT2D eigenvalue weighted by Gasteiger charge is 2.27. The van der Waals surface area contributed by atoms with Gasteiger partial charge in [0, 0.05) is 44.5 Å². The number of morpholine rings is 1. The first-order valence-corrected chi connectivity index (χ1v) is 6.93. The summed E-state index contributed by atoms with van der Waals surface area (Å²) in [7, 11) is 1.90. The summed E-state index contributed by atoms with van der Waals surface area (Å²) >= 11 is 0. The highest BCUT2D eigenvalue weighted by Crippen LogP contribution is 2.12. The average molecular weight is 265 g/mol. The fourth-order valence-electron chi connectivity index (χ4n) is 2.39. The van der Waals surface area contributed by atoms with Crippen LogP contribution in [0.25, 0.3) is 0 Å². The van der Waals surface area contributed by atoms with Crippen molar-refractivity contribution in [2.75, 3.05) is 19.7 Å². The van der Waals surface area contributed by atoms with Gasteiger partial charge < -0.3 is 4.74 Å². The van der Waals surface area contributed by atoms with Crippen LogP contribution in [0, 0.1) is 0 Å². The molecule has 2 heterocycles. The lowest BCUT2D eigenvalue weighted by Crippen LogP contribution is -2.48. The van der Waals surface area contributed by atoms with Crippen LogP contribution in [0.3, 0.4) is 0 Å². The minimum Gasteiger partial charge on any atom is -0.368 e. The lowest BCUT2D eigenvalue weighted by Gasteiger charge is -2.34. The Morgan fingerprint density at radius 1 is 1.58 bits per heavy atom. The lowest BCUT2D eigenvalue weighted by atomic mass is 10.1. The number of aromatic nitrogens is 2. The van der Waals surface area contributed by atoms with Gasteiger partial charge in [0.25, 0.3) is 0 Å². The molecule has 0 aromatic carbocycles. The zero-order valence-corrected chi connectivity index (χ0v) is 12.0. The zero-order chi connectivity index (χ0) is 13.8. The first-order valence-electron chi connectivity index (χ1n) is 6.93. The van der Waals surface area contributed by atoms with Crippen molar-refractivity contribution in [2.45, 2.75) is 38.8 Å². The molecule has 0 N–H and O–H groups in total. The topological polar surface area (TPSA) is 47.4 Å². The molecule has 0 amide bonds. The normalized spacial score (nSPS) is 20.9. The van der Waals surface area contributed by atoms with Gasteiger partial charge in [0.05, 0.1) is 6.61 Å². The Bertz CT molecular complexity index is 428. The summed E-state index contributed by atoms with van der Waals surface area (Å²) < 4.78 is 7.42. The van der Waals surface area contributed by atoms with E-state index in [1.807, 2.05) is 17.8 Å². The van der Waals surface area contributed by atoms with Crippen LogP contribution in [-0.2, 0) is 23.0 Å². The van der Waals surface area contributed by atoms with Crippen LogP contribution in [0.1, 0.15) is 26.0 Å². The van der Waals surface area contributed by atoms with Crippen molar-refractivity contribution in [3.05, 3.63) is 18.0 Å². The quantitative estimate of drug-likeness (QED) is 0.798. The van der Waals surface area contributed by atoms with Crippen LogP contribution >= 0.6 is 0 Å². The number of hydrogen-bond donors (Lipinski definition) is 0. The van der Waals surface area contributed by atoms with E-state index in [4.69, 9.17) is 4.74 Å². The molecule has 0 aliphatic carbocycles. The van der Waals surface area contributed by atoms with Gasteiger partial charge in [-0.1, -0.05) is 0 Å². The molecule has 1 atom stereocenters. The minimum absolute atomic E-state index is 0.201. The number of ether oxygens (including phenoxy) is 1. The van der Waals surface area contributed by atoms with Crippen molar-refractivity contribution >= 4 is 5.78 Å². The summed E-state index contributed by atoms with van der Waals surface area (Å²) in [6.45, 7) is 6.61. The van der Waals surface area contributed by atoms with Crippen LogP contribution < -0.4 is 0 Å². The van der Waals surface area contributed by atoms with E-state index in [1.54, 1.807) is 6.20 Å². The molecule has 19 heavy (non-hydrogen) atoms. The van der Waals surface area contributed by atoms with Gasteiger partial charge in [-0.3, -0.25) is 14.4 Å². The summed E-state index contributed by atoms with van der Waals surface area (Å²) in [5, 5.41) is 4.11. The maximum absolute atomic E-state index is 12.2. The molecule has 1 aromatic rings. The van der Waals surface area contributed by atoms with Crippen LogP contribution in [0.15, 0.2) is 12.3 Å². The van der Waals surface area contributed by atoms with Gasteiger partial charge >= 0.3 is 0 Å².